The molecule has 0 saturated heterocycles. The average molecular weight is 530 g/mol. The predicted molar refractivity (Wildman–Crippen MR) is 75.4 cm³/mol. The zero-order chi connectivity index (χ0) is 9.61. The number of hydrogen-bond acceptors (Lipinski definition) is 2. The maximum Gasteiger partial charge on any atom is 0.301 e. The van der Waals surface area contributed by atoms with Crippen LogP contribution in [0, 0.1) is 0 Å². The Morgan fingerprint density at radius 2 is 1.92 bits per heavy atom. The summed E-state index contributed by atoms with van der Waals surface area (Å²) < 4.78 is 23.0. The fraction of sp³-hybridized carbons (Fsp3) is 1.00. The predicted octanol–water partition coefficient (Wildman–Crippen LogP) is 3.27. The first-order valence-electron chi connectivity index (χ1n) is 3.23. The van der Waals surface area contributed by atoms with Crippen LogP contribution in [0.5, 0.6) is 0 Å². The van der Waals surface area contributed by atoms with Crippen LogP contribution >= 0.6 is 67.8 Å². The van der Waals surface area contributed by atoms with E-state index in [4.69, 9.17) is 4.55 Å². The average Bonchev–Trinajstić information content (AvgIpc) is 1.83. The second-order valence-electron chi connectivity index (χ2n) is 2.11. The summed E-state index contributed by atoms with van der Waals surface area (Å²) in [6.07, 6.45) is 2.94. The molecule has 7 heteroatoms. The molecule has 1 unspecified atom stereocenters. The lowest BCUT2D eigenvalue weighted by Crippen LogP contribution is -2.01. The van der Waals surface area contributed by atoms with Crippen molar-refractivity contribution < 1.29 is 12.9 Å². The first-order valence-corrected chi connectivity index (χ1v) is 7.49. The summed E-state index contributed by atoms with van der Waals surface area (Å²) >= 11 is 5.00. The van der Waals surface area contributed by atoms with Crippen molar-refractivity contribution in [3.05, 3.63) is 0 Å². The lowest BCUT2D eigenvalue weighted by Gasteiger charge is -2.10. The van der Waals surface area contributed by atoms with Crippen LogP contribution in [-0.4, -0.2) is 14.8 Å². The summed E-state index contributed by atoms with van der Waals surface area (Å²) in [5.41, 5.74) is 0. The van der Waals surface area contributed by atoms with Crippen molar-refractivity contribution in [2.45, 2.75) is 18.7 Å². The second kappa shape index (κ2) is 7.54. The zero-order valence-corrected chi connectivity index (χ0v) is 13.4. The Bertz CT molecular complexity index is 147. The topological polar surface area (TPSA) is 46.5 Å². The molecule has 1 atom stereocenters. The molecule has 1 N–H and O–H groups in total. The van der Waals surface area contributed by atoms with Gasteiger partial charge in [0.25, 0.3) is 0 Å². The molecule has 0 saturated carbocycles. The second-order valence-corrected chi connectivity index (χ2v) is 14.5. The number of alkyl halides is 3. The summed E-state index contributed by atoms with van der Waals surface area (Å²) in [6, 6.07) is 0. The standard InChI is InChI=1S/C5H9I3O3S/c6-5(7,8)3-1-2-4-11-12(9)10/h1-4H2,(H,9,10). The third-order valence-electron chi connectivity index (χ3n) is 1.04. The fourth-order valence-electron chi connectivity index (χ4n) is 0.558. The van der Waals surface area contributed by atoms with Crippen molar-refractivity contribution in [3.8, 4) is 0 Å². The molecule has 0 bridgehead atoms. The SMILES string of the molecule is O=S(O)OCCCCC(I)(I)I. The van der Waals surface area contributed by atoms with Gasteiger partial charge in [-0.1, -0.05) is 67.8 Å². The van der Waals surface area contributed by atoms with E-state index in [1.165, 1.54) is 0 Å². The molecule has 12 heavy (non-hydrogen) atoms. The van der Waals surface area contributed by atoms with Gasteiger partial charge in [0, 0.05) is 0 Å². The molecule has 0 aromatic rings. The molecule has 3 nitrogen and oxygen atoms in total. The molecule has 0 fully saturated rings. The molecule has 0 rings (SSSR count). The van der Waals surface area contributed by atoms with Crippen LogP contribution in [-0.2, 0) is 15.5 Å². The summed E-state index contributed by atoms with van der Waals surface area (Å²) in [5, 5.41) is 0. The minimum Gasteiger partial charge on any atom is -0.284 e. The van der Waals surface area contributed by atoms with Crippen LogP contribution in [0.25, 0.3) is 0 Å². The van der Waals surface area contributed by atoms with E-state index in [2.05, 4.69) is 72.0 Å². The Kier molecular flexibility index (Phi) is 8.96. The smallest absolute Gasteiger partial charge is 0.284 e. The van der Waals surface area contributed by atoms with Crippen LogP contribution in [0.1, 0.15) is 19.3 Å². The van der Waals surface area contributed by atoms with Gasteiger partial charge in [-0.3, -0.25) is 8.74 Å². The Hall–Kier alpha value is 2.26. The van der Waals surface area contributed by atoms with E-state index in [1.807, 2.05) is 0 Å². The Balaban J connectivity index is 3.17. The molecular weight excluding hydrogens is 521 g/mol. The fourth-order valence-corrected chi connectivity index (χ4v) is 1.96. The molecule has 0 aliphatic heterocycles. The summed E-state index contributed by atoms with van der Waals surface area (Å²) in [5.74, 6) is 0. The Morgan fingerprint density at radius 1 is 1.33 bits per heavy atom. The highest BCUT2D eigenvalue weighted by molar-refractivity contribution is 14.3. The van der Waals surface area contributed by atoms with Gasteiger partial charge in [0.15, 0.2) is 0 Å². The van der Waals surface area contributed by atoms with Crippen molar-refractivity contribution in [2.75, 3.05) is 6.61 Å². The van der Waals surface area contributed by atoms with Gasteiger partial charge >= 0.3 is 11.4 Å². The quantitative estimate of drug-likeness (QED) is 0.249. The lowest BCUT2D eigenvalue weighted by molar-refractivity contribution is 0.298. The van der Waals surface area contributed by atoms with Crippen LogP contribution in [0.4, 0.5) is 0 Å². The highest BCUT2D eigenvalue weighted by Crippen LogP contribution is 2.40. The van der Waals surface area contributed by atoms with Crippen molar-refractivity contribution in [3.63, 3.8) is 0 Å². The monoisotopic (exact) mass is 530 g/mol. The van der Waals surface area contributed by atoms with Crippen molar-refractivity contribution in [1.29, 1.82) is 0 Å². The van der Waals surface area contributed by atoms with Gasteiger partial charge in [0.1, 0.15) is -0.565 Å². The lowest BCUT2D eigenvalue weighted by atomic mass is 10.3. The van der Waals surface area contributed by atoms with E-state index in [9.17, 15) is 4.21 Å². The molecule has 0 aliphatic rings. The van der Waals surface area contributed by atoms with Crippen LogP contribution in [0.15, 0.2) is 0 Å². The third kappa shape index (κ3) is 12.3. The van der Waals surface area contributed by atoms with E-state index in [0.717, 1.165) is 19.3 Å². The van der Waals surface area contributed by atoms with E-state index in [0.29, 0.717) is 6.61 Å². The number of halogens is 3. The third-order valence-corrected chi connectivity index (χ3v) is 3.03. The summed E-state index contributed by atoms with van der Waals surface area (Å²) in [6.45, 7) is 0.364. The van der Waals surface area contributed by atoms with Gasteiger partial charge in [0.05, 0.1) is 6.61 Å². The van der Waals surface area contributed by atoms with E-state index in [1.54, 1.807) is 0 Å². The highest BCUT2D eigenvalue weighted by atomic mass is 127. The normalized spacial score (nSPS) is 14.7. The Morgan fingerprint density at radius 3 is 2.33 bits per heavy atom. The molecule has 0 amide bonds. The van der Waals surface area contributed by atoms with Gasteiger partial charge < -0.3 is 0 Å². The maximum absolute atomic E-state index is 10.0. The number of unbranched alkanes of at least 4 members (excludes halogenated alkanes) is 1. The molecular formula is C5H9I3O3S. The van der Waals surface area contributed by atoms with Crippen molar-refractivity contribution in [2.24, 2.45) is 0 Å². The number of hydrogen-bond donors (Lipinski definition) is 1. The van der Waals surface area contributed by atoms with Crippen LogP contribution in [0.3, 0.4) is 0 Å². The van der Waals surface area contributed by atoms with Crippen molar-refractivity contribution >= 4 is 79.1 Å². The van der Waals surface area contributed by atoms with Crippen molar-refractivity contribution in [1.82, 2.24) is 0 Å². The van der Waals surface area contributed by atoms with Gasteiger partial charge in [-0.2, -0.15) is 4.21 Å². The van der Waals surface area contributed by atoms with Crippen LogP contribution < -0.4 is 0 Å². The minimum absolute atomic E-state index is 0.256. The molecule has 0 spiro atoms. The minimum atomic E-state index is -2.10. The summed E-state index contributed by atoms with van der Waals surface area (Å²) in [7, 11) is 0. The molecule has 0 heterocycles. The zero-order valence-electron chi connectivity index (χ0n) is 6.13. The molecule has 0 aromatic heterocycles. The van der Waals surface area contributed by atoms with Gasteiger partial charge in [-0.25, -0.2) is 0 Å². The first kappa shape index (κ1) is 14.3. The number of rotatable bonds is 6. The van der Waals surface area contributed by atoms with E-state index < -0.39 is 11.4 Å². The van der Waals surface area contributed by atoms with E-state index >= 15 is 0 Å². The molecule has 74 valence electrons. The molecule has 0 aromatic carbocycles. The molecule has 0 aliphatic carbocycles. The van der Waals surface area contributed by atoms with E-state index in [-0.39, 0.29) is -0.565 Å². The van der Waals surface area contributed by atoms with Gasteiger partial charge in [0.2, 0.25) is 0 Å². The maximum atomic E-state index is 10.0. The first-order chi connectivity index (χ1) is 5.42. The molecule has 0 radical (unpaired) electrons. The Labute approximate surface area is 116 Å². The van der Waals surface area contributed by atoms with Gasteiger partial charge in [-0.05, 0) is 19.3 Å². The largest absolute Gasteiger partial charge is 0.301 e. The van der Waals surface area contributed by atoms with Gasteiger partial charge in [-0.15, -0.1) is 0 Å². The summed E-state index contributed by atoms with van der Waals surface area (Å²) in [4.78, 5) is 0. The van der Waals surface area contributed by atoms with Crippen LogP contribution in [0.2, 0.25) is 0 Å². The highest BCUT2D eigenvalue weighted by Gasteiger charge is 2.15.